The van der Waals surface area contributed by atoms with Gasteiger partial charge in [-0.3, -0.25) is 4.90 Å². The first-order chi connectivity index (χ1) is 28.8. The van der Waals surface area contributed by atoms with Crippen LogP contribution in [0.25, 0.3) is 0 Å². The smallest absolute Gasteiger partial charge is 0.337 e. The monoisotopic (exact) mass is 956 g/mol. The van der Waals surface area contributed by atoms with E-state index in [-0.39, 0.29) is 84.3 Å². The van der Waals surface area contributed by atoms with E-state index in [4.69, 9.17) is 0 Å². The number of nitrogens with one attached hydrogen (secondary N) is 1. The number of carbonyl (C=O) groups is 4. The van der Waals surface area contributed by atoms with Crippen LogP contribution in [-0.2, 0) is 41.0 Å². The van der Waals surface area contributed by atoms with Gasteiger partial charge in [0.25, 0.3) is 0 Å². The SMILES string of the molecule is COC(=O)c1ccc(CBr)c(F)c1.COC(=O)c1ccc(CN(C(=O)N2CCS(=O)(=O)CC2)c2ccc(F)cc2)c(F)c1.O=C(Nc1ccc(F)cc1)N1CCS(=O)(=O)CC1. The van der Waals surface area contributed by atoms with Gasteiger partial charge in [0.2, 0.25) is 0 Å². The zero-order chi connectivity index (χ0) is 44.9. The van der Waals surface area contributed by atoms with E-state index in [0.717, 1.165) is 6.07 Å². The zero-order valence-electron chi connectivity index (χ0n) is 32.8. The van der Waals surface area contributed by atoms with Crippen LogP contribution < -0.4 is 10.2 Å². The van der Waals surface area contributed by atoms with Crippen molar-refractivity contribution < 1.29 is 63.0 Å². The average molecular weight is 958 g/mol. The van der Waals surface area contributed by atoms with Crippen LogP contribution >= 0.6 is 15.9 Å². The van der Waals surface area contributed by atoms with Crippen molar-refractivity contribution >= 4 is 71.0 Å². The number of amides is 4. The highest BCUT2D eigenvalue weighted by atomic mass is 79.9. The molecule has 1 N–H and O–H groups in total. The summed E-state index contributed by atoms with van der Waals surface area (Å²) in [5.41, 5.74) is 1.71. The van der Waals surface area contributed by atoms with Crippen LogP contribution in [0.15, 0.2) is 84.9 Å². The summed E-state index contributed by atoms with van der Waals surface area (Å²) in [5.74, 6) is -3.54. The molecule has 0 unspecified atom stereocenters. The number of benzene rings is 4. The van der Waals surface area contributed by atoms with Crippen molar-refractivity contribution in [1.29, 1.82) is 0 Å². The number of ether oxygens (including phenoxy) is 2. The van der Waals surface area contributed by atoms with E-state index in [9.17, 15) is 53.6 Å². The molecule has 0 atom stereocenters. The average Bonchev–Trinajstić information content (AvgIpc) is 3.24. The zero-order valence-corrected chi connectivity index (χ0v) is 36.0. The molecule has 0 aromatic heterocycles. The molecule has 4 amide bonds. The molecular weight excluding hydrogens is 916 g/mol. The lowest BCUT2D eigenvalue weighted by atomic mass is 10.1. The van der Waals surface area contributed by atoms with E-state index in [0.29, 0.717) is 22.3 Å². The van der Waals surface area contributed by atoms with Gasteiger partial charge in [0.15, 0.2) is 19.7 Å². The number of sulfone groups is 2. The molecular formula is C40H41BrF4N4O10S2. The summed E-state index contributed by atoms with van der Waals surface area (Å²) in [7, 11) is -3.75. The largest absolute Gasteiger partial charge is 0.465 e. The second-order valence-corrected chi connectivity index (χ2v) is 18.5. The Balaban J connectivity index is 0.000000223. The van der Waals surface area contributed by atoms with Crippen LogP contribution in [0.2, 0.25) is 0 Å². The molecule has 4 aromatic rings. The summed E-state index contributed by atoms with van der Waals surface area (Å²) in [6.45, 7) is 0.219. The van der Waals surface area contributed by atoms with Gasteiger partial charge < -0.3 is 24.6 Å². The van der Waals surface area contributed by atoms with Crippen molar-refractivity contribution in [2.24, 2.45) is 0 Å². The minimum absolute atomic E-state index is 0.0101. The van der Waals surface area contributed by atoms with Crippen molar-refractivity contribution in [2.45, 2.75) is 11.9 Å². The van der Waals surface area contributed by atoms with E-state index in [1.807, 2.05) is 0 Å². The van der Waals surface area contributed by atoms with Gasteiger partial charge in [-0.1, -0.05) is 28.1 Å². The van der Waals surface area contributed by atoms with Gasteiger partial charge in [0.05, 0.1) is 54.9 Å². The maximum atomic E-state index is 14.6. The number of rotatable bonds is 7. The number of halogens is 5. The predicted molar refractivity (Wildman–Crippen MR) is 222 cm³/mol. The molecule has 0 spiro atoms. The summed E-state index contributed by atoms with van der Waals surface area (Å²) in [6.07, 6.45) is 0. The van der Waals surface area contributed by atoms with Crippen LogP contribution in [0.5, 0.6) is 0 Å². The lowest BCUT2D eigenvalue weighted by molar-refractivity contribution is 0.0591. The van der Waals surface area contributed by atoms with Gasteiger partial charge in [-0.2, -0.15) is 0 Å². The van der Waals surface area contributed by atoms with Crippen molar-refractivity contribution in [3.05, 3.63) is 130 Å². The third-order valence-corrected chi connectivity index (χ3v) is 13.0. The van der Waals surface area contributed by atoms with Gasteiger partial charge in [0.1, 0.15) is 23.3 Å². The van der Waals surface area contributed by atoms with Gasteiger partial charge in [-0.15, -0.1) is 0 Å². The molecule has 0 radical (unpaired) electrons. The Bertz CT molecular complexity index is 2400. The molecule has 61 heavy (non-hydrogen) atoms. The van der Waals surface area contributed by atoms with Crippen molar-refractivity contribution in [2.75, 3.05) is 73.6 Å². The normalized spacial score (nSPS) is 15.1. The molecule has 0 saturated carbocycles. The number of methoxy groups -OCH3 is 2. The molecule has 2 aliphatic heterocycles. The van der Waals surface area contributed by atoms with Crippen molar-refractivity contribution in [3.8, 4) is 0 Å². The number of alkyl halides is 1. The third kappa shape index (κ3) is 14.3. The Morgan fingerprint density at radius 3 is 1.49 bits per heavy atom. The molecule has 0 aliphatic carbocycles. The predicted octanol–water partition coefficient (Wildman–Crippen LogP) is 6.20. The Labute approximate surface area is 358 Å². The van der Waals surface area contributed by atoms with Crippen LogP contribution in [0.4, 0.5) is 38.5 Å². The maximum Gasteiger partial charge on any atom is 0.337 e. The van der Waals surface area contributed by atoms with E-state index >= 15 is 0 Å². The Hall–Kier alpha value is -5.54. The Kier molecular flexibility index (Phi) is 17.2. The fraction of sp³-hybridized carbons (Fsp3) is 0.300. The lowest BCUT2D eigenvalue weighted by Gasteiger charge is -2.33. The first-order valence-electron chi connectivity index (χ1n) is 18.2. The summed E-state index contributed by atoms with van der Waals surface area (Å²) >= 11 is 3.13. The Morgan fingerprint density at radius 1 is 0.639 bits per heavy atom. The second-order valence-electron chi connectivity index (χ2n) is 13.3. The van der Waals surface area contributed by atoms with Gasteiger partial charge in [-0.05, 0) is 78.4 Å². The topological polar surface area (TPSA) is 177 Å². The summed E-state index contributed by atoms with van der Waals surface area (Å²) in [4.78, 5) is 51.5. The summed E-state index contributed by atoms with van der Waals surface area (Å²) in [6, 6.07) is 17.6. The number of esters is 2. The highest BCUT2D eigenvalue weighted by Gasteiger charge is 2.30. The van der Waals surface area contributed by atoms with E-state index in [2.05, 4.69) is 30.7 Å². The number of nitrogens with zero attached hydrogens (tertiary/aromatic N) is 3. The fourth-order valence-corrected chi connectivity index (χ4v) is 8.46. The number of hydrogen-bond donors (Lipinski definition) is 1. The van der Waals surface area contributed by atoms with Crippen LogP contribution in [0, 0.1) is 23.3 Å². The standard InChI is InChI=1S/C20H20F2N2O5S.C11H13FN2O3S.C9H8BrFO2/c1-29-19(25)14-2-3-15(18(22)12-14)13-24(17-6-4-16(21)5-7-17)20(26)23-8-10-30(27,28)11-9-23;12-9-1-3-10(4-2-9)13-11(15)14-5-7-18(16,17)8-6-14;1-13-9(12)6-2-3-7(5-10)8(11)4-6/h2-7,12H,8-11,13H2,1H3;1-4H,5-8H2,(H,13,15);2-4H,5H2,1H3. The molecule has 4 aromatic carbocycles. The van der Waals surface area contributed by atoms with E-state index in [1.54, 1.807) is 6.07 Å². The minimum Gasteiger partial charge on any atom is -0.465 e. The number of carbonyl (C=O) groups excluding carboxylic acids is 4. The van der Waals surface area contributed by atoms with Crippen LogP contribution in [0.1, 0.15) is 31.8 Å². The minimum atomic E-state index is -3.19. The van der Waals surface area contributed by atoms with Crippen molar-refractivity contribution in [1.82, 2.24) is 9.80 Å². The molecule has 6 rings (SSSR count). The second kappa shape index (κ2) is 21.8. The lowest BCUT2D eigenvalue weighted by Crippen LogP contribution is -2.49. The molecule has 2 aliphatic rings. The molecule has 2 saturated heterocycles. The highest BCUT2D eigenvalue weighted by molar-refractivity contribution is 9.08. The molecule has 14 nitrogen and oxygen atoms in total. The molecule has 2 fully saturated rings. The van der Waals surface area contributed by atoms with E-state index in [1.165, 1.54) is 102 Å². The number of anilines is 2. The molecule has 21 heteroatoms. The van der Waals surface area contributed by atoms with Crippen LogP contribution in [0.3, 0.4) is 0 Å². The van der Waals surface area contributed by atoms with E-state index < -0.39 is 55.1 Å². The maximum absolute atomic E-state index is 14.6. The quantitative estimate of drug-likeness (QED) is 0.128. The number of hydrogen-bond acceptors (Lipinski definition) is 10. The molecule has 0 bridgehead atoms. The summed E-state index contributed by atoms with van der Waals surface area (Å²) < 4.78 is 108. The first kappa shape index (κ1) is 48.1. The third-order valence-electron chi connectivity index (χ3n) is 9.13. The highest BCUT2D eigenvalue weighted by Crippen LogP contribution is 2.23. The van der Waals surface area contributed by atoms with Gasteiger partial charge >= 0.3 is 24.0 Å². The van der Waals surface area contributed by atoms with Crippen LogP contribution in [-0.4, -0.2) is 114 Å². The summed E-state index contributed by atoms with van der Waals surface area (Å²) in [5, 5.41) is 3.02. The first-order valence-corrected chi connectivity index (χ1v) is 23.0. The molecule has 2 heterocycles. The number of urea groups is 2. The Morgan fingerprint density at radius 2 is 1.07 bits per heavy atom. The van der Waals surface area contributed by atoms with Gasteiger partial charge in [-0.25, -0.2) is 53.6 Å². The molecule has 328 valence electrons. The van der Waals surface area contributed by atoms with Crippen molar-refractivity contribution in [3.63, 3.8) is 0 Å². The fourth-order valence-electron chi connectivity index (χ4n) is 5.61. The van der Waals surface area contributed by atoms with Gasteiger partial charge in [0, 0.05) is 48.4 Å².